The molecule has 0 aliphatic rings. The van der Waals surface area contributed by atoms with Gasteiger partial charge in [-0.1, -0.05) is 178 Å². The lowest BCUT2D eigenvalue weighted by Crippen LogP contribution is -2.28. The molecule has 3 N–H and O–H groups in total. The molecule has 0 amide bonds. The zero-order valence-corrected chi connectivity index (χ0v) is 39.8. The summed E-state index contributed by atoms with van der Waals surface area (Å²) in [5.41, 5.74) is 0. The lowest BCUT2D eigenvalue weighted by molar-refractivity contribution is -0.153. The van der Waals surface area contributed by atoms with Gasteiger partial charge in [-0.2, -0.15) is 0 Å². The number of phosphoric ester groups is 1. The maximum atomic E-state index is 12.4. The molecule has 0 aromatic heterocycles. The van der Waals surface area contributed by atoms with E-state index in [0.717, 1.165) is 64.2 Å². The lowest BCUT2D eigenvalue weighted by Gasteiger charge is -2.20. The topological polar surface area (TPSA) is 149 Å². The summed E-state index contributed by atoms with van der Waals surface area (Å²) in [6.45, 7) is 2.18. The third-order valence-electron chi connectivity index (χ3n) is 10.5. The minimum atomic E-state index is -4.64. The monoisotopic (exact) mass is 883 g/mol. The van der Waals surface area contributed by atoms with Crippen LogP contribution in [0.4, 0.5) is 0 Å². The second kappa shape index (κ2) is 45.9. The van der Waals surface area contributed by atoms with Gasteiger partial charge in [-0.25, -0.2) is 4.57 Å². The van der Waals surface area contributed by atoms with E-state index in [9.17, 15) is 29.3 Å². The number of phosphoric acid groups is 1. The van der Waals surface area contributed by atoms with Gasteiger partial charge in [0.15, 0.2) is 0 Å². The second-order valence-electron chi connectivity index (χ2n) is 16.4. The Labute approximate surface area is 373 Å². The van der Waals surface area contributed by atoms with Crippen LogP contribution < -0.4 is 0 Å². The Kier molecular flexibility index (Phi) is 44.4. The molecule has 0 aliphatic heterocycles. The number of esters is 2. The molecular weight excluding hydrogens is 792 g/mol. The molecule has 0 rings (SSSR count). The van der Waals surface area contributed by atoms with Crippen LogP contribution in [0, 0.1) is 0 Å². The standard InChI is InChI=1S/C50H91O10P/c1-3-5-7-9-11-13-15-17-19-21-22-23-24-26-28-30-32-34-36-38-40-42-50(54)60-48(44-52)46-58-61(55,56)57-45-47(43-51)59-49(53)41-39-37-35-33-31-29-27-25-20-18-16-14-12-10-8-6-4-2/h12,14-15,17-18,20-22,47-48,51-52H,3-11,13,16,19,23-46H2,1-2H3,(H,55,56)/b14-12-,17-15-,20-18-,22-21-. The Morgan fingerprint density at radius 3 is 1.05 bits per heavy atom. The Bertz CT molecular complexity index is 1150. The summed E-state index contributed by atoms with van der Waals surface area (Å²) in [6.07, 6.45) is 50.8. The minimum absolute atomic E-state index is 0.182. The molecule has 3 unspecified atom stereocenters. The number of allylic oxidation sites excluding steroid dienone is 8. The van der Waals surface area contributed by atoms with Crippen LogP contribution in [0.3, 0.4) is 0 Å². The van der Waals surface area contributed by atoms with Gasteiger partial charge in [-0.15, -0.1) is 0 Å². The molecule has 11 heteroatoms. The summed E-state index contributed by atoms with van der Waals surface area (Å²) >= 11 is 0. The minimum Gasteiger partial charge on any atom is -0.457 e. The van der Waals surface area contributed by atoms with Gasteiger partial charge in [0.1, 0.15) is 12.2 Å². The average Bonchev–Trinajstić information content (AvgIpc) is 3.25. The van der Waals surface area contributed by atoms with Gasteiger partial charge in [-0.3, -0.25) is 18.6 Å². The first kappa shape index (κ1) is 58.9. The number of carbonyl (C=O) groups is 2. The SMILES string of the molecule is CCCCC/C=C\C/C=C\CCCCCCCCCC(=O)OC(CO)COP(=O)(O)OCC(CO)OC(=O)CCCCCCCCCCC/C=C\C/C=C\CCCCCCC. The summed E-state index contributed by atoms with van der Waals surface area (Å²) in [6, 6.07) is 0. The van der Waals surface area contributed by atoms with Crippen LogP contribution in [0.25, 0.3) is 0 Å². The predicted octanol–water partition coefficient (Wildman–Crippen LogP) is 13.7. The molecule has 0 aromatic carbocycles. The molecule has 356 valence electrons. The van der Waals surface area contributed by atoms with Gasteiger partial charge in [-0.05, 0) is 77.0 Å². The van der Waals surface area contributed by atoms with Crippen molar-refractivity contribution in [2.24, 2.45) is 0 Å². The van der Waals surface area contributed by atoms with Crippen molar-refractivity contribution in [3.8, 4) is 0 Å². The zero-order valence-electron chi connectivity index (χ0n) is 38.9. The highest BCUT2D eigenvalue weighted by Crippen LogP contribution is 2.43. The van der Waals surface area contributed by atoms with Gasteiger partial charge >= 0.3 is 19.8 Å². The van der Waals surface area contributed by atoms with Crippen LogP contribution in [0.1, 0.15) is 219 Å². The Morgan fingerprint density at radius 2 is 0.721 bits per heavy atom. The van der Waals surface area contributed by atoms with Crippen molar-refractivity contribution in [3.63, 3.8) is 0 Å². The van der Waals surface area contributed by atoms with E-state index in [1.807, 2.05) is 0 Å². The van der Waals surface area contributed by atoms with Crippen molar-refractivity contribution in [2.45, 2.75) is 232 Å². The van der Waals surface area contributed by atoms with E-state index in [4.69, 9.17) is 18.5 Å². The molecule has 0 bridgehead atoms. The molecule has 0 saturated carbocycles. The first-order valence-electron chi connectivity index (χ1n) is 24.6. The number of carbonyl (C=O) groups excluding carboxylic acids is 2. The van der Waals surface area contributed by atoms with Crippen molar-refractivity contribution < 1.29 is 47.8 Å². The third-order valence-corrected chi connectivity index (χ3v) is 11.5. The largest absolute Gasteiger partial charge is 0.472 e. The van der Waals surface area contributed by atoms with E-state index in [-0.39, 0.29) is 12.8 Å². The number of aliphatic hydroxyl groups is 2. The van der Waals surface area contributed by atoms with Crippen molar-refractivity contribution in [2.75, 3.05) is 26.4 Å². The normalized spacial score (nSPS) is 14.1. The molecule has 61 heavy (non-hydrogen) atoms. The molecule has 0 aliphatic carbocycles. The van der Waals surface area contributed by atoms with Gasteiger partial charge in [0.25, 0.3) is 0 Å². The Balaban J connectivity index is 3.87. The summed E-state index contributed by atoms with van der Waals surface area (Å²) in [7, 11) is -4.64. The fourth-order valence-electron chi connectivity index (χ4n) is 6.71. The van der Waals surface area contributed by atoms with Gasteiger partial charge in [0.2, 0.25) is 0 Å². The van der Waals surface area contributed by atoms with Crippen LogP contribution in [0.15, 0.2) is 48.6 Å². The highest BCUT2D eigenvalue weighted by atomic mass is 31.2. The maximum absolute atomic E-state index is 12.4. The molecule has 10 nitrogen and oxygen atoms in total. The number of hydrogen-bond acceptors (Lipinski definition) is 9. The predicted molar refractivity (Wildman–Crippen MR) is 251 cm³/mol. The van der Waals surface area contributed by atoms with Crippen LogP contribution >= 0.6 is 7.82 Å². The molecule has 3 atom stereocenters. The van der Waals surface area contributed by atoms with Crippen LogP contribution in [0.2, 0.25) is 0 Å². The van der Waals surface area contributed by atoms with E-state index in [1.165, 1.54) is 116 Å². The van der Waals surface area contributed by atoms with Crippen molar-refractivity contribution in [1.29, 1.82) is 0 Å². The van der Waals surface area contributed by atoms with E-state index >= 15 is 0 Å². The van der Waals surface area contributed by atoms with Gasteiger partial charge in [0.05, 0.1) is 26.4 Å². The summed E-state index contributed by atoms with van der Waals surface area (Å²) in [4.78, 5) is 34.6. The Morgan fingerprint density at radius 1 is 0.443 bits per heavy atom. The number of unbranched alkanes of at least 4 members (excludes halogenated alkanes) is 24. The van der Waals surface area contributed by atoms with Gasteiger partial charge < -0.3 is 24.6 Å². The molecule has 0 radical (unpaired) electrons. The fraction of sp³-hybridized carbons (Fsp3) is 0.800. The number of aliphatic hydroxyl groups excluding tert-OH is 2. The number of ether oxygens (including phenoxy) is 2. The Hall–Kier alpha value is -2.07. The van der Waals surface area contributed by atoms with Gasteiger partial charge in [0, 0.05) is 12.8 Å². The van der Waals surface area contributed by atoms with Crippen molar-refractivity contribution in [3.05, 3.63) is 48.6 Å². The van der Waals surface area contributed by atoms with Crippen molar-refractivity contribution in [1.82, 2.24) is 0 Å². The summed E-state index contributed by atoms with van der Waals surface area (Å²) in [5, 5.41) is 19.2. The molecular formula is C50H91O10P. The summed E-state index contributed by atoms with van der Waals surface area (Å²) < 4.78 is 32.7. The highest BCUT2D eigenvalue weighted by molar-refractivity contribution is 7.47. The second-order valence-corrected chi connectivity index (χ2v) is 17.9. The van der Waals surface area contributed by atoms with E-state index < -0.39 is 58.4 Å². The number of rotatable bonds is 46. The average molecular weight is 883 g/mol. The van der Waals surface area contributed by atoms with Crippen LogP contribution in [-0.2, 0) is 32.7 Å². The smallest absolute Gasteiger partial charge is 0.457 e. The summed E-state index contributed by atoms with van der Waals surface area (Å²) in [5.74, 6) is -1.03. The first-order chi connectivity index (χ1) is 29.8. The third kappa shape index (κ3) is 44.3. The van der Waals surface area contributed by atoms with Crippen molar-refractivity contribution >= 4 is 19.8 Å². The van der Waals surface area contributed by atoms with E-state index in [1.54, 1.807) is 0 Å². The van der Waals surface area contributed by atoms with Crippen LogP contribution in [0.5, 0.6) is 0 Å². The molecule has 0 spiro atoms. The first-order valence-corrected chi connectivity index (χ1v) is 26.1. The maximum Gasteiger partial charge on any atom is 0.472 e. The van der Waals surface area contributed by atoms with E-state index in [0.29, 0.717) is 12.8 Å². The molecule has 0 saturated heterocycles. The molecule has 0 fully saturated rings. The van der Waals surface area contributed by atoms with E-state index in [2.05, 4.69) is 62.5 Å². The zero-order chi connectivity index (χ0) is 44.8. The van der Waals surface area contributed by atoms with Crippen LogP contribution in [-0.4, -0.2) is 65.7 Å². The molecule has 0 aromatic rings. The fourth-order valence-corrected chi connectivity index (χ4v) is 7.49. The number of hydrogen-bond donors (Lipinski definition) is 3. The quantitative estimate of drug-likeness (QED) is 0.0233. The lowest BCUT2D eigenvalue weighted by atomic mass is 10.1. The molecule has 0 heterocycles. The highest BCUT2D eigenvalue weighted by Gasteiger charge is 2.27.